The van der Waals surface area contributed by atoms with Crippen molar-refractivity contribution >= 4 is 17.8 Å². The number of hydrogen-bond donors (Lipinski definition) is 2. The lowest BCUT2D eigenvalue weighted by atomic mass is 9.98. The zero-order chi connectivity index (χ0) is 20.8. The first-order valence-corrected chi connectivity index (χ1v) is 8.90. The number of aliphatic hydroxyl groups excluding tert-OH is 1. The third-order valence-corrected chi connectivity index (χ3v) is 3.59. The van der Waals surface area contributed by atoms with E-state index >= 15 is 0 Å². The molecule has 144 valence electrons. The van der Waals surface area contributed by atoms with E-state index in [1.807, 2.05) is 33.1 Å². The van der Waals surface area contributed by atoms with Crippen LogP contribution >= 0.6 is 0 Å². The van der Waals surface area contributed by atoms with Crippen molar-refractivity contribution in [2.24, 2.45) is 4.99 Å². The van der Waals surface area contributed by atoms with Crippen molar-refractivity contribution in [3.8, 4) is 6.07 Å². The molecule has 1 aliphatic rings. The van der Waals surface area contributed by atoms with Crippen LogP contribution in [0.15, 0.2) is 53.7 Å². The van der Waals surface area contributed by atoms with Crippen LogP contribution in [0.2, 0.25) is 0 Å². The average Bonchev–Trinajstić information content (AvgIpc) is 3.27. The molecule has 1 aromatic carbocycles. The van der Waals surface area contributed by atoms with Crippen LogP contribution in [0.4, 0.5) is 0 Å². The van der Waals surface area contributed by atoms with Crippen LogP contribution in [0, 0.1) is 18.3 Å². The van der Waals surface area contributed by atoms with Crippen molar-refractivity contribution in [1.82, 2.24) is 0 Å². The summed E-state index contributed by atoms with van der Waals surface area (Å²) in [6, 6.07) is 7.28. The van der Waals surface area contributed by atoms with Gasteiger partial charge in [0.15, 0.2) is 0 Å². The van der Waals surface area contributed by atoms with Gasteiger partial charge in [-0.1, -0.05) is 45.6 Å². The van der Waals surface area contributed by atoms with Gasteiger partial charge in [-0.05, 0) is 42.2 Å². The molecule has 1 aliphatic heterocycles. The van der Waals surface area contributed by atoms with Gasteiger partial charge in [-0.3, -0.25) is 4.99 Å². The van der Waals surface area contributed by atoms with Gasteiger partial charge < -0.3 is 10.2 Å². The molecule has 5 heteroatoms. The highest BCUT2D eigenvalue weighted by Gasteiger charge is 2.16. The number of aliphatic imine (C=N–C) groups is 1. The van der Waals surface area contributed by atoms with Gasteiger partial charge in [-0.25, -0.2) is 4.79 Å². The van der Waals surface area contributed by atoms with E-state index in [9.17, 15) is 9.90 Å². The fourth-order valence-corrected chi connectivity index (χ4v) is 2.04. The minimum absolute atomic E-state index is 0.100. The Hall–Kier alpha value is -2.97. The van der Waals surface area contributed by atoms with Gasteiger partial charge in [0.25, 0.3) is 0 Å². The molecule has 2 N–H and O–H groups in total. The molecular weight excluding hydrogens is 340 g/mol. The topological polar surface area (TPSA) is 93.7 Å². The molecule has 1 heterocycles. The van der Waals surface area contributed by atoms with E-state index in [1.165, 1.54) is 6.08 Å². The molecule has 1 atom stereocenters. The largest absolute Gasteiger partial charge is 0.478 e. The lowest BCUT2D eigenvalue weighted by molar-refractivity contribution is -0.133. The van der Waals surface area contributed by atoms with Crippen LogP contribution in [0.25, 0.3) is 5.57 Å². The number of nitrogens with zero attached hydrogens (tertiary/aromatic N) is 2. The fraction of sp³-hybridized carbons (Fsp3) is 0.318. The summed E-state index contributed by atoms with van der Waals surface area (Å²) in [6.45, 7) is 11.3. The zero-order valence-corrected chi connectivity index (χ0v) is 16.4. The molecule has 27 heavy (non-hydrogen) atoms. The number of benzene rings is 1. The van der Waals surface area contributed by atoms with Crippen LogP contribution < -0.4 is 0 Å². The zero-order valence-electron chi connectivity index (χ0n) is 16.4. The number of rotatable bonds is 5. The van der Waals surface area contributed by atoms with Gasteiger partial charge in [-0.15, -0.1) is 0 Å². The standard InChI is InChI=1S/C16H17NO3.C4H5N.C2H6/c1-4-15(18)14(16(19)20)7-11(3)12-6-5-10(2)13(8-12)9-17;1-2-4-5-3-1;1-2/h5-8,15,18H,3-4H2,1-2H3,(H,19,20);1,3-4H,2H2;1-2H3/b14-7+;;. The maximum Gasteiger partial charge on any atom is 0.334 e. The van der Waals surface area contributed by atoms with Crippen LogP contribution in [0.1, 0.15) is 50.3 Å². The van der Waals surface area contributed by atoms with Crippen molar-refractivity contribution < 1.29 is 15.0 Å². The van der Waals surface area contributed by atoms with Crippen molar-refractivity contribution in [2.75, 3.05) is 0 Å². The molecule has 0 spiro atoms. The average molecular weight is 368 g/mol. The number of carboxylic acids is 1. The number of nitriles is 1. The second-order valence-corrected chi connectivity index (χ2v) is 5.45. The molecule has 0 amide bonds. The van der Waals surface area contributed by atoms with Gasteiger partial charge in [0, 0.05) is 18.8 Å². The summed E-state index contributed by atoms with van der Waals surface area (Å²) in [7, 11) is 0. The number of aryl methyl sites for hydroxylation is 1. The van der Waals surface area contributed by atoms with E-state index in [0.717, 1.165) is 12.0 Å². The van der Waals surface area contributed by atoms with Crippen LogP contribution in [-0.2, 0) is 4.79 Å². The predicted molar refractivity (Wildman–Crippen MR) is 111 cm³/mol. The number of aliphatic hydroxyl groups is 1. The minimum Gasteiger partial charge on any atom is -0.478 e. The monoisotopic (exact) mass is 368 g/mol. The maximum atomic E-state index is 11.1. The molecule has 0 radical (unpaired) electrons. The molecule has 5 nitrogen and oxygen atoms in total. The van der Waals surface area contributed by atoms with Gasteiger partial charge in [-0.2, -0.15) is 5.26 Å². The van der Waals surface area contributed by atoms with E-state index in [-0.39, 0.29) is 5.57 Å². The Morgan fingerprint density at radius 3 is 2.52 bits per heavy atom. The number of carbonyl (C=O) groups is 1. The highest BCUT2D eigenvalue weighted by molar-refractivity contribution is 5.92. The van der Waals surface area contributed by atoms with Gasteiger partial charge in [0.2, 0.25) is 0 Å². The first-order valence-electron chi connectivity index (χ1n) is 8.90. The first-order chi connectivity index (χ1) is 12.9. The lowest BCUT2D eigenvalue weighted by Gasteiger charge is -2.10. The molecule has 0 bridgehead atoms. The van der Waals surface area contributed by atoms with E-state index in [4.69, 9.17) is 10.4 Å². The van der Waals surface area contributed by atoms with Crippen LogP contribution in [0.3, 0.4) is 0 Å². The molecule has 0 saturated heterocycles. The number of allylic oxidation sites excluding steroid dienone is 3. The Bertz CT molecular complexity index is 758. The van der Waals surface area contributed by atoms with E-state index in [0.29, 0.717) is 23.1 Å². The maximum absolute atomic E-state index is 11.1. The van der Waals surface area contributed by atoms with Gasteiger partial charge >= 0.3 is 5.97 Å². The highest BCUT2D eigenvalue weighted by Crippen LogP contribution is 2.21. The normalized spacial score (nSPS) is 12.8. The second kappa shape index (κ2) is 13.3. The van der Waals surface area contributed by atoms with Crippen molar-refractivity contribution in [1.29, 1.82) is 5.26 Å². The van der Waals surface area contributed by atoms with Crippen molar-refractivity contribution in [2.45, 2.75) is 46.6 Å². The third-order valence-electron chi connectivity index (χ3n) is 3.59. The first kappa shape index (κ1) is 24.0. The van der Waals surface area contributed by atoms with Gasteiger partial charge in [0.1, 0.15) is 0 Å². The summed E-state index contributed by atoms with van der Waals surface area (Å²) in [5, 5.41) is 27.8. The smallest absolute Gasteiger partial charge is 0.334 e. The molecule has 0 aliphatic carbocycles. The van der Waals surface area contributed by atoms with Crippen molar-refractivity contribution in [3.63, 3.8) is 0 Å². The second-order valence-electron chi connectivity index (χ2n) is 5.45. The lowest BCUT2D eigenvalue weighted by Crippen LogP contribution is -2.16. The molecule has 0 fully saturated rings. The molecule has 2 rings (SSSR count). The SMILES string of the molecule is C1=CN=CC1.C=C(/C=C(/C(=O)O)C(O)CC)c1ccc(C)c(C#N)c1.CC. The number of aliphatic carboxylic acids is 1. The quantitative estimate of drug-likeness (QED) is 0.584. The van der Waals surface area contributed by atoms with Gasteiger partial charge in [0.05, 0.1) is 23.3 Å². The fourth-order valence-electron chi connectivity index (χ4n) is 2.04. The molecule has 0 aromatic heterocycles. The number of hydrogen-bond acceptors (Lipinski definition) is 4. The highest BCUT2D eigenvalue weighted by atomic mass is 16.4. The summed E-state index contributed by atoms with van der Waals surface area (Å²) < 4.78 is 0. The summed E-state index contributed by atoms with van der Waals surface area (Å²) >= 11 is 0. The molecule has 1 unspecified atom stereocenters. The van der Waals surface area contributed by atoms with Crippen LogP contribution in [0.5, 0.6) is 0 Å². The Labute approximate surface area is 161 Å². The summed E-state index contributed by atoms with van der Waals surface area (Å²) in [5.41, 5.74) is 2.38. The Balaban J connectivity index is 0.000000812. The Morgan fingerprint density at radius 1 is 1.44 bits per heavy atom. The summed E-state index contributed by atoms with van der Waals surface area (Å²) in [5.74, 6) is -1.17. The predicted octanol–water partition coefficient (Wildman–Crippen LogP) is 4.66. The van der Waals surface area contributed by atoms with Crippen LogP contribution in [-0.4, -0.2) is 28.5 Å². The number of carboxylic acid groups (broad SMARTS) is 1. The molecule has 1 aromatic rings. The van der Waals surface area contributed by atoms with E-state index in [2.05, 4.69) is 17.6 Å². The summed E-state index contributed by atoms with van der Waals surface area (Å²) in [6.07, 6.45) is 7.34. The molecule has 0 saturated carbocycles. The van der Waals surface area contributed by atoms with E-state index in [1.54, 1.807) is 31.3 Å². The van der Waals surface area contributed by atoms with Crippen molar-refractivity contribution in [3.05, 3.63) is 65.4 Å². The molecular formula is C22H28N2O3. The van der Waals surface area contributed by atoms with E-state index < -0.39 is 12.1 Å². The summed E-state index contributed by atoms with van der Waals surface area (Å²) in [4.78, 5) is 14.9. The Morgan fingerprint density at radius 2 is 2.11 bits per heavy atom. The third kappa shape index (κ3) is 8.30. The minimum atomic E-state index is -1.17. The Kier molecular flexibility index (Phi) is 11.8.